The maximum atomic E-state index is 12.3. The lowest BCUT2D eigenvalue weighted by atomic mass is 10.1. The average Bonchev–Trinajstić information content (AvgIpc) is 3.23. The van der Waals surface area contributed by atoms with E-state index in [0.29, 0.717) is 30.7 Å². The number of hydrogen-bond donors (Lipinski definition) is 1. The molecule has 4 rings (SSSR count). The van der Waals surface area contributed by atoms with Gasteiger partial charge in [0.15, 0.2) is 5.16 Å². The van der Waals surface area contributed by atoms with E-state index in [1.807, 2.05) is 53.1 Å². The van der Waals surface area contributed by atoms with Crippen molar-refractivity contribution in [2.75, 3.05) is 43.5 Å². The highest BCUT2D eigenvalue weighted by molar-refractivity contribution is 7.99. The molecule has 7 nitrogen and oxygen atoms in total. The number of morpholine rings is 1. The predicted octanol–water partition coefficient (Wildman–Crippen LogP) is 2.55. The Balaban J connectivity index is 1.40. The molecular weight excluding hydrogens is 398 g/mol. The summed E-state index contributed by atoms with van der Waals surface area (Å²) in [6.07, 6.45) is 0.818. The number of carbonyl (C=O) groups excluding carboxylic acids is 1. The van der Waals surface area contributed by atoms with Gasteiger partial charge in [-0.2, -0.15) is 0 Å². The lowest BCUT2D eigenvalue weighted by molar-refractivity contribution is -0.118. The van der Waals surface area contributed by atoms with Gasteiger partial charge in [0.25, 0.3) is 0 Å². The molecule has 1 amide bonds. The maximum Gasteiger partial charge on any atom is 0.232 e. The van der Waals surface area contributed by atoms with Crippen LogP contribution in [0.1, 0.15) is 5.56 Å². The van der Waals surface area contributed by atoms with Crippen molar-refractivity contribution in [1.82, 2.24) is 20.1 Å². The fourth-order valence-electron chi connectivity index (χ4n) is 3.30. The summed E-state index contributed by atoms with van der Waals surface area (Å²) in [5.74, 6) is 1.08. The number of anilines is 1. The van der Waals surface area contributed by atoms with E-state index in [1.54, 1.807) is 0 Å². The summed E-state index contributed by atoms with van der Waals surface area (Å²) in [5.41, 5.74) is 2.19. The van der Waals surface area contributed by atoms with Crippen LogP contribution >= 0.6 is 11.8 Å². The molecular formula is C22H25N5O2S. The summed E-state index contributed by atoms with van der Waals surface area (Å²) in [5, 5.41) is 12.5. The van der Waals surface area contributed by atoms with Gasteiger partial charge in [-0.15, -0.1) is 10.2 Å². The van der Waals surface area contributed by atoms with Crippen LogP contribution in [-0.2, 0) is 16.0 Å². The van der Waals surface area contributed by atoms with Gasteiger partial charge in [0.1, 0.15) is 0 Å². The maximum absolute atomic E-state index is 12.3. The number of carbonyl (C=O) groups is 1. The zero-order chi connectivity index (χ0) is 20.6. The fourth-order valence-corrected chi connectivity index (χ4v) is 4.08. The highest BCUT2D eigenvalue weighted by Crippen LogP contribution is 2.27. The van der Waals surface area contributed by atoms with Gasteiger partial charge in [-0.3, -0.25) is 9.36 Å². The summed E-state index contributed by atoms with van der Waals surface area (Å²) < 4.78 is 7.49. The predicted molar refractivity (Wildman–Crippen MR) is 118 cm³/mol. The van der Waals surface area contributed by atoms with Crippen LogP contribution in [0.4, 0.5) is 5.95 Å². The number of benzene rings is 2. The van der Waals surface area contributed by atoms with Crippen LogP contribution in [-0.4, -0.2) is 59.3 Å². The fraction of sp³-hybridized carbons (Fsp3) is 0.318. The average molecular weight is 424 g/mol. The smallest absolute Gasteiger partial charge is 0.232 e. The monoisotopic (exact) mass is 423 g/mol. The third-order valence-corrected chi connectivity index (χ3v) is 5.76. The van der Waals surface area contributed by atoms with Gasteiger partial charge in [0, 0.05) is 19.6 Å². The summed E-state index contributed by atoms with van der Waals surface area (Å²) >= 11 is 1.40. The topological polar surface area (TPSA) is 72.3 Å². The Morgan fingerprint density at radius 2 is 1.70 bits per heavy atom. The number of aromatic nitrogens is 3. The first-order valence-corrected chi connectivity index (χ1v) is 11.1. The van der Waals surface area contributed by atoms with Crippen LogP contribution in [0, 0.1) is 0 Å². The minimum atomic E-state index is -0.00790. The first-order chi connectivity index (χ1) is 14.8. The molecule has 2 heterocycles. The van der Waals surface area contributed by atoms with Gasteiger partial charge >= 0.3 is 0 Å². The Morgan fingerprint density at radius 3 is 2.43 bits per heavy atom. The highest BCUT2D eigenvalue weighted by atomic mass is 32.2. The van der Waals surface area contributed by atoms with Gasteiger partial charge in [-0.25, -0.2) is 0 Å². The molecule has 2 aromatic carbocycles. The second-order valence-corrected chi connectivity index (χ2v) is 7.87. The van der Waals surface area contributed by atoms with Gasteiger partial charge in [0.2, 0.25) is 11.9 Å². The molecule has 1 fully saturated rings. The van der Waals surface area contributed by atoms with E-state index in [4.69, 9.17) is 4.74 Å². The van der Waals surface area contributed by atoms with E-state index in [1.165, 1.54) is 17.3 Å². The van der Waals surface area contributed by atoms with E-state index in [0.717, 1.165) is 31.1 Å². The van der Waals surface area contributed by atoms with Crippen molar-refractivity contribution < 1.29 is 9.53 Å². The zero-order valence-electron chi connectivity index (χ0n) is 16.7. The molecule has 30 heavy (non-hydrogen) atoms. The minimum Gasteiger partial charge on any atom is -0.378 e. The molecule has 1 aromatic heterocycles. The molecule has 0 radical (unpaired) electrons. The Hall–Kier alpha value is -2.84. The summed E-state index contributed by atoms with van der Waals surface area (Å²) in [6, 6.07) is 20.2. The molecule has 0 saturated carbocycles. The summed E-state index contributed by atoms with van der Waals surface area (Å²) in [4.78, 5) is 14.5. The summed E-state index contributed by atoms with van der Waals surface area (Å²) in [7, 11) is 0. The van der Waals surface area contributed by atoms with Crippen LogP contribution in [0.5, 0.6) is 0 Å². The molecule has 0 spiro atoms. The number of amides is 1. The quantitative estimate of drug-likeness (QED) is 0.562. The van der Waals surface area contributed by atoms with E-state index in [-0.39, 0.29) is 5.91 Å². The standard InChI is InChI=1S/C22H25N5O2S/c28-20(23-12-11-18-7-3-1-4-8-18)17-30-22-25-24-21(26-13-15-29-16-14-26)27(22)19-9-5-2-6-10-19/h1-10H,11-17H2,(H,23,28). The zero-order valence-corrected chi connectivity index (χ0v) is 17.6. The number of hydrogen-bond acceptors (Lipinski definition) is 6. The second-order valence-electron chi connectivity index (χ2n) is 6.93. The van der Waals surface area contributed by atoms with E-state index in [2.05, 4.69) is 32.5 Å². The van der Waals surface area contributed by atoms with Crippen LogP contribution in [0.25, 0.3) is 5.69 Å². The largest absolute Gasteiger partial charge is 0.378 e. The van der Waals surface area contributed by atoms with Crippen molar-refractivity contribution in [3.63, 3.8) is 0 Å². The van der Waals surface area contributed by atoms with Crippen molar-refractivity contribution in [2.24, 2.45) is 0 Å². The van der Waals surface area contributed by atoms with Gasteiger partial charge < -0.3 is 15.0 Å². The third kappa shape index (κ3) is 5.20. The number of para-hydroxylation sites is 1. The SMILES string of the molecule is O=C(CSc1nnc(N2CCOCC2)n1-c1ccccc1)NCCc1ccccc1. The molecule has 0 bridgehead atoms. The van der Waals surface area contributed by atoms with E-state index < -0.39 is 0 Å². The van der Waals surface area contributed by atoms with Gasteiger partial charge in [0.05, 0.1) is 24.7 Å². The molecule has 0 atom stereocenters. The molecule has 1 aliphatic rings. The molecule has 3 aromatic rings. The van der Waals surface area contributed by atoms with Gasteiger partial charge in [-0.1, -0.05) is 60.3 Å². The summed E-state index contributed by atoms with van der Waals surface area (Å²) in [6.45, 7) is 3.51. The van der Waals surface area contributed by atoms with Crippen LogP contribution in [0.2, 0.25) is 0 Å². The number of thioether (sulfide) groups is 1. The number of nitrogens with zero attached hydrogens (tertiary/aromatic N) is 4. The number of ether oxygens (including phenoxy) is 1. The highest BCUT2D eigenvalue weighted by Gasteiger charge is 2.22. The molecule has 8 heteroatoms. The minimum absolute atomic E-state index is 0.00790. The Bertz CT molecular complexity index is 943. The Morgan fingerprint density at radius 1 is 1.00 bits per heavy atom. The molecule has 156 valence electrons. The van der Waals surface area contributed by atoms with Crippen LogP contribution in [0.3, 0.4) is 0 Å². The molecule has 1 saturated heterocycles. The van der Waals surface area contributed by atoms with Crippen molar-refractivity contribution >= 4 is 23.6 Å². The third-order valence-electron chi connectivity index (χ3n) is 4.84. The van der Waals surface area contributed by atoms with E-state index in [9.17, 15) is 4.79 Å². The molecule has 0 aliphatic carbocycles. The number of nitrogens with one attached hydrogen (secondary N) is 1. The van der Waals surface area contributed by atoms with Crippen LogP contribution < -0.4 is 10.2 Å². The molecule has 1 aliphatic heterocycles. The van der Waals surface area contributed by atoms with Crippen molar-refractivity contribution in [3.8, 4) is 5.69 Å². The molecule has 0 unspecified atom stereocenters. The van der Waals surface area contributed by atoms with Gasteiger partial charge in [-0.05, 0) is 24.1 Å². The van der Waals surface area contributed by atoms with E-state index >= 15 is 0 Å². The lowest BCUT2D eigenvalue weighted by Crippen LogP contribution is -2.37. The first kappa shape index (κ1) is 20.4. The Labute approximate surface area is 180 Å². The van der Waals surface area contributed by atoms with Crippen molar-refractivity contribution in [1.29, 1.82) is 0 Å². The van der Waals surface area contributed by atoms with Crippen molar-refractivity contribution in [3.05, 3.63) is 66.2 Å². The lowest BCUT2D eigenvalue weighted by Gasteiger charge is -2.27. The number of rotatable bonds is 8. The second kappa shape index (κ2) is 10.3. The normalized spacial score (nSPS) is 13.9. The van der Waals surface area contributed by atoms with Crippen LogP contribution in [0.15, 0.2) is 65.8 Å². The Kier molecular flexibility index (Phi) is 6.99. The molecule has 1 N–H and O–H groups in total. The first-order valence-electron chi connectivity index (χ1n) is 10.1. The van der Waals surface area contributed by atoms with Crippen molar-refractivity contribution in [2.45, 2.75) is 11.6 Å².